The number of aryl methyl sites for hydroxylation is 2. The van der Waals surface area contributed by atoms with E-state index in [4.69, 9.17) is 4.74 Å². The normalized spacial score (nSPS) is 17.2. The molecule has 2 amide bonds. The Morgan fingerprint density at radius 1 is 1.00 bits per heavy atom. The van der Waals surface area contributed by atoms with Crippen LogP contribution in [0.4, 0.5) is 9.18 Å². The highest BCUT2D eigenvalue weighted by Crippen LogP contribution is 2.36. The Bertz CT molecular complexity index is 1510. The Kier molecular flexibility index (Phi) is 6.07. The van der Waals surface area contributed by atoms with Crippen LogP contribution in [0.2, 0.25) is 0 Å². The maximum absolute atomic E-state index is 13.6. The van der Waals surface area contributed by atoms with Crippen molar-refractivity contribution in [3.05, 3.63) is 82.9 Å². The van der Waals surface area contributed by atoms with E-state index in [2.05, 4.69) is 34.2 Å². The van der Waals surface area contributed by atoms with E-state index < -0.39 is 5.60 Å². The SMILES string of the molecule is Cc1nc2ccc(-c3cc(C)c4c(c3)CN(C(=O)N3CCC(O)(c5ccc(F)cc5)CC3)CCO4)cc2[nH]1. The van der Waals surface area contributed by atoms with Gasteiger partial charge in [-0.1, -0.05) is 18.2 Å². The van der Waals surface area contributed by atoms with E-state index in [1.807, 2.05) is 24.8 Å². The van der Waals surface area contributed by atoms with Gasteiger partial charge < -0.3 is 24.6 Å². The fourth-order valence-electron chi connectivity index (χ4n) is 5.68. The zero-order valence-electron chi connectivity index (χ0n) is 21.6. The number of likely N-dealkylation sites (tertiary alicyclic amines) is 1. The second-order valence-corrected chi connectivity index (χ2v) is 10.4. The van der Waals surface area contributed by atoms with Crippen molar-refractivity contribution in [1.29, 1.82) is 0 Å². The number of carbonyl (C=O) groups is 1. The number of nitrogens with zero attached hydrogens (tertiary/aromatic N) is 3. The van der Waals surface area contributed by atoms with E-state index in [9.17, 15) is 14.3 Å². The van der Waals surface area contributed by atoms with Crippen molar-refractivity contribution in [3.63, 3.8) is 0 Å². The molecule has 2 N–H and O–H groups in total. The number of H-pyrrole nitrogens is 1. The number of hydrogen-bond donors (Lipinski definition) is 2. The van der Waals surface area contributed by atoms with Crippen LogP contribution < -0.4 is 4.74 Å². The summed E-state index contributed by atoms with van der Waals surface area (Å²) in [7, 11) is 0. The molecule has 4 aromatic rings. The molecule has 0 radical (unpaired) electrons. The number of nitrogens with one attached hydrogen (secondary N) is 1. The highest BCUT2D eigenvalue weighted by Gasteiger charge is 2.37. The molecule has 2 aliphatic rings. The lowest BCUT2D eigenvalue weighted by Crippen LogP contribution is -2.50. The number of aromatic amines is 1. The standard InChI is InChI=1S/C30H31FN4O3/c1-19-15-22(21-3-8-26-27(17-21)33-20(2)32-26)16-23-18-35(13-14-38-28(19)23)29(36)34-11-9-30(37,10-12-34)24-4-6-25(31)7-5-24/h3-8,15-17,37H,9-14,18H2,1-2H3,(H,32,33). The van der Waals surface area contributed by atoms with Crippen LogP contribution in [-0.4, -0.2) is 57.1 Å². The highest BCUT2D eigenvalue weighted by molar-refractivity contribution is 5.82. The second kappa shape index (κ2) is 9.44. The van der Waals surface area contributed by atoms with Crippen molar-refractivity contribution < 1.29 is 19.0 Å². The smallest absolute Gasteiger partial charge is 0.320 e. The van der Waals surface area contributed by atoms with E-state index in [1.54, 1.807) is 17.0 Å². The number of halogens is 1. The number of ether oxygens (including phenoxy) is 1. The van der Waals surface area contributed by atoms with Crippen molar-refractivity contribution in [2.75, 3.05) is 26.2 Å². The van der Waals surface area contributed by atoms with Gasteiger partial charge in [0, 0.05) is 18.7 Å². The summed E-state index contributed by atoms with van der Waals surface area (Å²) in [6.07, 6.45) is 0.814. The number of hydrogen-bond acceptors (Lipinski definition) is 4. The number of rotatable bonds is 2. The van der Waals surface area contributed by atoms with Crippen molar-refractivity contribution in [1.82, 2.24) is 19.8 Å². The fraction of sp³-hybridized carbons (Fsp3) is 0.333. The largest absolute Gasteiger partial charge is 0.491 e. The van der Waals surface area contributed by atoms with Gasteiger partial charge in [0.25, 0.3) is 0 Å². The first-order valence-corrected chi connectivity index (χ1v) is 13.0. The van der Waals surface area contributed by atoms with Gasteiger partial charge in [0.2, 0.25) is 0 Å². The van der Waals surface area contributed by atoms with Crippen LogP contribution in [0, 0.1) is 19.7 Å². The summed E-state index contributed by atoms with van der Waals surface area (Å²) in [6, 6.07) is 16.4. The molecule has 3 heterocycles. The summed E-state index contributed by atoms with van der Waals surface area (Å²) in [6.45, 7) is 6.21. The van der Waals surface area contributed by atoms with Gasteiger partial charge in [-0.2, -0.15) is 0 Å². The first kappa shape index (κ1) is 24.4. The quantitative estimate of drug-likeness (QED) is 0.381. The predicted molar refractivity (Wildman–Crippen MR) is 143 cm³/mol. The Morgan fingerprint density at radius 2 is 1.76 bits per heavy atom. The summed E-state index contributed by atoms with van der Waals surface area (Å²) in [4.78, 5) is 25.0. The Labute approximate surface area is 220 Å². The number of piperidine rings is 1. The molecular formula is C30H31FN4O3. The minimum absolute atomic E-state index is 0.0555. The Hall–Kier alpha value is -3.91. The molecule has 8 heteroatoms. The minimum Gasteiger partial charge on any atom is -0.491 e. The number of urea groups is 1. The average molecular weight is 515 g/mol. The molecule has 38 heavy (non-hydrogen) atoms. The Balaban J connectivity index is 1.20. The molecule has 6 rings (SSSR count). The topological polar surface area (TPSA) is 81.7 Å². The van der Waals surface area contributed by atoms with Gasteiger partial charge >= 0.3 is 6.03 Å². The lowest BCUT2D eigenvalue weighted by molar-refractivity contribution is -0.0201. The van der Waals surface area contributed by atoms with Crippen LogP contribution >= 0.6 is 0 Å². The zero-order chi connectivity index (χ0) is 26.4. The number of aromatic nitrogens is 2. The lowest BCUT2D eigenvalue weighted by Gasteiger charge is -2.40. The molecule has 1 aromatic heterocycles. The van der Waals surface area contributed by atoms with Gasteiger partial charge in [-0.25, -0.2) is 14.2 Å². The average Bonchev–Trinajstić information content (AvgIpc) is 3.14. The molecule has 0 aliphatic carbocycles. The van der Waals surface area contributed by atoms with Crippen LogP contribution in [-0.2, 0) is 12.1 Å². The summed E-state index contributed by atoms with van der Waals surface area (Å²) in [5.41, 5.74) is 5.72. The number of benzene rings is 3. The number of amides is 2. The van der Waals surface area contributed by atoms with Gasteiger partial charge in [0.1, 0.15) is 24.0 Å². The maximum Gasteiger partial charge on any atom is 0.320 e. The molecule has 2 aliphatic heterocycles. The first-order valence-electron chi connectivity index (χ1n) is 13.0. The first-order chi connectivity index (χ1) is 18.3. The summed E-state index contributed by atoms with van der Waals surface area (Å²) < 4.78 is 19.5. The summed E-state index contributed by atoms with van der Waals surface area (Å²) >= 11 is 0. The van der Waals surface area contributed by atoms with Crippen molar-refractivity contribution >= 4 is 17.1 Å². The van der Waals surface area contributed by atoms with Gasteiger partial charge in [0.15, 0.2) is 0 Å². The third-order valence-electron chi connectivity index (χ3n) is 7.77. The monoisotopic (exact) mass is 514 g/mol. The van der Waals surface area contributed by atoms with E-state index in [-0.39, 0.29) is 11.8 Å². The second-order valence-electron chi connectivity index (χ2n) is 10.4. The van der Waals surface area contributed by atoms with Crippen LogP contribution in [0.25, 0.3) is 22.2 Å². The molecule has 1 saturated heterocycles. The van der Waals surface area contributed by atoms with E-state index in [0.717, 1.165) is 44.9 Å². The van der Waals surface area contributed by atoms with Crippen LogP contribution in [0.15, 0.2) is 54.6 Å². The van der Waals surface area contributed by atoms with Crippen molar-refractivity contribution in [3.8, 4) is 16.9 Å². The molecule has 0 bridgehead atoms. The third kappa shape index (κ3) is 4.49. The molecule has 7 nitrogen and oxygen atoms in total. The molecule has 0 spiro atoms. The van der Waals surface area contributed by atoms with Crippen LogP contribution in [0.3, 0.4) is 0 Å². The minimum atomic E-state index is -1.06. The Morgan fingerprint density at radius 3 is 2.53 bits per heavy atom. The molecule has 1 fully saturated rings. The highest BCUT2D eigenvalue weighted by atomic mass is 19.1. The fourth-order valence-corrected chi connectivity index (χ4v) is 5.68. The summed E-state index contributed by atoms with van der Waals surface area (Å²) in [5.74, 6) is 1.39. The number of imidazole rings is 1. The number of fused-ring (bicyclic) bond motifs is 2. The van der Waals surface area contributed by atoms with E-state index >= 15 is 0 Å². The van der Waals surface area contributed by atoms with Gasteiger partial charge in [0.05, 0.1) is 29.7 Å². The van der Waals surface area contributed by atoms with Gasteiger partial charge in [-0.05, 0) is 85.3 Å². The molecule has 0 saturated carbocycles. The molecular weight excluding hydrogens is 483 g/mol. The number of aliphatic hydroxyl groups is 1. The predicted octanol–water partition coefficient (Wildman–Crippen LogP) is 5.28. The van der Waals surface area contributed by atoms with E-state index in [1.165, 1.54) is 12.1 Å². The molecule has 3 aromatic carbocycles. The maximum atomic E-state index is 13.6. The van der Waals surface area contributed by atoms with Gasteiger partial charge in [-0.3, -0.25) is 0 Å². The zero-order valence-corrected chi connectivity index (χ0v) is 21.6. The molecule has 0 unspecified atom stereocenters. The molecule has 0 atom stereocenters. The third-order valence-corrected chi connectivity index (χ3v) is 7.77. The van der Waals surface area contributed by atoms with Gasteiger partial charge in [-0.15, -0.1) is 0 Å². The summed E-state index contributed by atoms with van der Waals surface area (Å²) in [5, 5.41) is 11.2. The lowest BCUT2D eigenvalue weighted by atomic mass is 9.84. The van der Waals surface area contributed by atoms with Crippen molar-refractivity contribution in [2.45, 2.75) is 38.8 Å². The van der Waals surface area contributed by atoms with Crippen molar-refractivity contribution in [2.24, 2.45) is 0 Å². The molecule has 196 valence electrons. The number of carbonyl (C=O) groups excluding carboxylic acids is 1. The van der Waals surface area contributed by atoms with Crippen LogP contribution in [0.5, 0.6) is 5.75 Å². The van der Waals surface area contributed by atoms with Crippen LogP contribution in [0.1, 0.15) is 35.4 Å². The van der Waals surface area contributed by atoms with E-state index in [0.29, 0.717) is 51.2 Å².